The van der Waals surface area contributed by atoms with Crippen molar-refractivity contribution in [2.75, 3.05) is 0 Å². The summed E-state index contributed by atoms with van der Waals surface area (Å²) < 4.78 is 16.4. The van der Waals surface area contributed by atoms with Crippen molar-refractivity contribution in [3.05, 3.63) is 35.9 Å². The zero-order valence-corrected chi connectivity index (χ0v) is 16.8. The minimum atomic E-state index is -0.975. The molecule has 1 N–H and O–H groups in total. The van der Waals surface area contributed by atoms with Gasteiger partial charge in [0.2, 0.25) is 0 Å². The van der Waals surface area contributed by atoms with Gasteiger partial charge in [-0.25, -0.2) is 9.59 Å². The Bertz CT molecular complexity index is 586. The Morgan fingerprint density at radius 2 is 1.58 bits per heavy atom. The van der Waals surface area contributed by atoms with Gasteiger partial charge in [0.05, 0.1) is 11.7 Å². The van der Waals surface area contributed by atoms with Gasteiger partial charge in [0, 0.05) is 0 Å². The summed E-state index contributed by atoms with van der Waals surface area (Å²) in [6, 6.07) is 8.33. The maximum atomic E-state index is 12.5. The molecule has 0 saturated carbocycles. The topological polar surface area (TPSA) is 73.9 Å². The number of rotatable bonds is 6. The predicted octanol–water partition coefficient (Wildman–Crippen LogP) is 3.83. The highest BCUT2D eigenvalue weighted by Crippen LogP contribution is 2.16. The molecule has 0 unspecified atom stereocenters. The molecule has 0 heterocycles. The van der Waals surface area contributed by atoms with Gasteiger partial charge in [-0.15, -0.1) is 0 Å². The Hall–Kier alpha value is -2.08. The van der Waals surface area contributed by atoms with Crippen LogP contribution in [0.1, 0.15) is 54.0 Å². The normalized spacial score (nSPS) is 14.3. The van der Waals surface area contributed by atoms with Gasteiger partial charge in [-0.3, -0.25) is 0 Å². The van der Waals surface area contributed by atoms with Crippen LogP contribution in [0.3, 0.4) is 0 Å². The summed E-state index contributed by atoms with van der Waals surface area (Å²) in [5, 5.41) is 2.57. The second kappa shape index (κ2) is 9.03. The van der Waals surface area contributed by atoms with Gasteiger partial charge in [0.25, 0.3) is 0 Å². The SMILES string of the molecule is C[C@H](OC(C)(C)C)[C@@H](NC(=O)OCc1ccccc1)C(=O)OC(C)(C)C. The van der Waals surface area contributed by atoms with Crippen molar-refractivity contribution in [2.45, 2.75) is 78.4 Å². The molecule has 0 aromatic heterocycles. The van der Waals surface area contributed by atoms with Crippen LogP contribution in [0.5, 0.6) is 0 Å². The van der Waals surface area contributed by atoms with E-state index < -0.39 is 35.4 Å². The van der Waals surface area contributed by atoms with E-state index in [0.717, 1.165) is 5.56 Å². The van der Waals surface area contributed by atoms with Crippen molar-refractivity contribution in [1.82, 2.24) is 5.32 Å². The van der Waals surface area contributed by atoms with E-state index in [2.05, 4.69) is 5.32 Å². The molecule has 1 amide bonds. The molecule has 6 nitrogen and oxygen atoms in total. The van der Waals surface area contributed by atoms with Gasteiger partial charge >= 0.3 is 12.1 Å². The third kappa shape index (κ3) is 8.85. The van der Waals surface area contributed by atoms with Crippen LogP contribution < -0.4 is 5.32 Å². The molecule has 0 aliphatic rings. The molecule has 6 heteroatoms. The van der Waals surface area contributed by atoms with Gasteiger partial charge in [0.1, 0.15) is 12.2 Å². The van der Waals surface area contributed by atoms with Gasteiger partial charge in [-0.05, 0) is 54.0 Å². The summed E-state index contributed by atoms with van der Waals surface area (Å²) in [5.41, 5.74) is -0.294. The first-order chi connectivity index (χ1) is 11.9. The third-order valence-corrected chi connectivity index (χ3v) is 3.16. The molecule has 0 saturated heterocycles. The maximum Gasteiger partial charge on any atom is 0.408 e. The van der Waals surface area contributed by atoms with Crippen LogP contribution in [0.2, 0.25) is 0 Å². The van der Waals surface area contributed by atoms with E-state index in [-0.39, 0.29) is 6.61 Å². The average Bonchev–Trinajstić information content (AvgIpc) is 2.48. The van der Waals surface area contributed by atoms with Crippen molar-refractivity contribution in [3.8, 4) is 0 Å². The largest absolute Gasteiger partial charge is 0.458 e. The monoisotopic (exact) mass is 365 g/mol. The van der Waals surface area contributed by atoms with E-state index in [4.69, 9.17) is 14.2 Å². The highest BCUT2D eigenvalue weighted by atomic mass is 16.6. The Morgan fingerprint density at radius 3 is 2.08 bits per heavy atom. The fourth-order valence-corrected chi connectivity index (χ4v) is 2.25. The first-order valence-electron chi connectivity index (χ1n) is 8.75. The lowest BCUT2D eigenvalue weighted by Gasteiger charge is -2.31. The summed E-state index contributed by atoms with van der Waals surface area (Å²) in [6.07, 6.45) is -1.29. The Balaban J connectivity index is 2.76. The van der Waals surface area contributed by atoms with Crippen LogP contribution in [-0.2, 0) is 25.6 Å². The lowest BCUT2D eigenvalue weighted by molar-refractivity contribution is -0.164. The van der Waals surface area contributed by atoms with Crippen molar-refractivity contribution < 1.29 is 23.8 Å². The molecule has 1 aromatic carbocycles. The number of carbonyl (C=O) groups excluding carboxylic acids is 2. The highest BCUT2D eigenvalue weighted by Gasteiger charge is 2.34. The highest BCUT2D eigenvalue weighted by molar-refractivity contribution is 5.82. The zero-order chi connectivity index (χ0) is 20.0. The summed E-state index contributed by atoms with van der Waals surface area (Å²) in [7, 11) is 0. The quantitative estimate of drug-likeness (QED) is 0.776. The minimum Gasteiger partial charge on any atom is -0.458 e. The molecule has 1 rings (SSSR count). The van der Waals surface area contributed by atoms with Crippen molar-refractivity contribution >= 4 is 12.1 Å². The van der Waals surface area contributed by atoms with Crippen molar-refractivity contribution in [1.29, 1.82) is 0 Å². The van der Waals surface area contributed by atoms with Crippen LogP contribution in [0.4, 0.5) is 4.79 Å². The van der Waals surface area contributed by atoms with E-state index in [1.54, 1.807) is 27.7 Å². The lowest BCUT2D eigenvalue weighted by Crippen LogP contribution is -2.52. The van der Waals surface area contributed by atoms with Crippen LogP contribution in [0.15, 0.2) is 30.3 Å². The number of nitrogens with one attached hydrogen (secondary N) is 1. The number of amides is 1. The molecular formula is C20H31NO5. The Kier molecular flexibility index (Phi) is 7.63. The minimum absolute atomic E-state index is 0.113. The van der Waals surface area contributed by atoms with E-state index in [1.807, 2.05) is 51.1 Å². The molecule has 0 fully saturated rings. The number of carbonyl (C=O) groups is 2. The second-order valence-electron chi connectivity index (χ2n) is 8.15. The fourth-order valence-electron chi connectivity index (χ4n) is 2.25. The Labute approximate surface area is 156 Å². The number of esters is 1. The van der Waals surface area contributed by atoms with E-state index >= 15 is 0 Å². The smallest absolute Gasteiger partial charge is 0.408 e. The van der Waals surface area contributed by atoms with Gasteiger partial charge in [-0.1, -0.05) is 30.3 Å². The maximum absolute atomic E-state index is 12.5. The van der Waals surface area contributed by atoms with E-state index in [1.165, 1.54) is 0 Å². The summed E-state index contributed by atoms with van der Waals surface area (Å²) in [6.45, 7) is 12.8. The number of ether oxygens (including phenoxy) is 3. The van der Waals surface area contributed by atoms with Crippen molar-refractivity contribution in [2.24, 2.45) is 0 Å². The van der Waals surface area contributed by atoms with Crippen LogP contribution in [-0.4, -0.2) is 35.4 Å². The first-order valence-corrected chi connectivity index (χ1v) is 8.75. The van der Waals surface area contributed by atoms with Crippen molar-refractivity contribution in [3.63, 3.8) is 0 Å². The van der Waals surface area contributed by atoms with Crippen LogP contribution in [0, 0.1) is 0 Å². The molecule has 26 heavy (non-hydrogen) atoms. The molecule has 0 bridgehead atoms. The molecule has 0 radical (unpaired) electrons. The second-order valence-corrected chi connectivity index (χ2v) is 8.15. The average molecular weight is 365 g/mol. The van der Waals surface area contributed by atoms with Gasteiger partial charge in [-0.2, -0.15) is 0 Å². The summed E-state index contributed by atoms with van der Waals surface area (Å²) >= 11 is 0. The molecule has 1 aromatic rings. The molecule has 0 spiro atoms. The molecule has 146 valence electrons. The van der Waals surface area contributed by atoms with Crippen LogP contribution in [0.25, 0.3) is 0 Å². The molecule has 0 aliphatic heterocycles. The number of benzene rings is 1. The Morgan fingerprint density at radius 1 is 1.00 bits per heavy atom. The van der Waals surface area contributed by atoms with Gasteiger partial charge in [0.15, 0.2) is 6.04 Å². The molecule has 2 atom stereocenters. The van der Waals surface area contributed by atoms with E-state index in [9.17, 15) is 9.59 Å². The van der Waals surface area contributed by atoms with E-state index in [0.29, 0.717) is 0 Å². The zero-order valence-electron chi connectivity index (χ0n) is 16.8. The third-order valence-electron chi connectivity index (χ3n) is 3.16. The number of hydrogen-bond donors (Lipinski definition) is 1. The number of hydrogen-bond acceptors (Lipinski definition) is 5. The number of alkyl carbamates (subject to hydrolysis) is 1. The molecule has 0 aliphatic carbocycles. The summed E-state index contributed by atoms with van der Waals surface area (Å²) in [5.74, 6) is -0.564. The fraction of sp³-hybridized carbons (Fsp3) is 0.600. The van der Waals surface area contributed by atoms with Crippen LogP contribution >= 0.6 is 0 Å². The first kappa shape index (κ1) is 22.0. The summed E-state index contributed by atoms with van der Waals surface area (Å²) in [4.78, 5) is 24.7. The van der Waals surface area contributed by atoms with Gasteiger partial charge < -0.3 is 19.5 Å². The standard InChI is InChI=1S/C20H31NO5/c1-14(25-19(2,3)4)16(17(22)26-20(5,6)7)21-18(23)24-13-15-11-9-8-10-12-15/h8-12,14,16H,13H2,1-7H3,(H,21,23)/t14-,16+/m0/s1. The predicted molar refractivity (Wildman–Crippen MR) is 99.7 cm³/mol. The lowest BCUT2D eigenvalue weighted by atomic mass is 10.1. The molecular weight excluding hydrogens is 334 g/mol.